The van der Waals surface area contributed by atoms with Crippen molar-refractivity contribution in [2.75, 3.05) is 13.1 Å². The summed E-state index contributed by atoms with van der Waals surface area (Å²) < 4.78 is 5.54. The van der Waals surface area contributed by atoms with Crippen molar-refractivity contribution in [3.05, 3.63) is 75.9 Å². The number of rotatable bonds is 4. The minimum atomic E-state index is -0.612. The highest BCUT2D eigenvalue weighted by atomic mass is 32.1. The van der Waals surface area contributed by atoms with Gasteiger partial charge in [-0.05, 0) is 132 Å². The van der Waals surface area contributed by atoms with Crippen LogP contribution in [0.3, 0.4) is 0 Å². The topological polar surface area (TPSA) is 103 Å². The number of hydrogen-bond donors (Lipinski definition) is 2. The van der Waals surface area contributed by atoms with Gasteiger partial charge in [0.2, 0.25) is 11.9 Å². The van der Waals surface area contributed by atoms with Gasteiger partial charge in [0.05, 0.1) is 23.3 Å². The number of hydrogen-bond acceptors (Lipinski definition) is 5. The second-order valence-electron chi connectivity index (χ2n) is 16.1. The summed E-state index contributed by atoms with van der Waals surface area (Å²) >= 11 is 1.72. The van der Waals surface area contributed by atoms with Gasteiger partial charge in [0.15, 0.2) is 0 Å². The number of nitrogens with zero attached hydrogens (tertiary/aromatic N) is 4. The van der Waals surface area contributed by atoms with Gasteiger partial charge >= 0.3 is 6.09 Å². The maximum Gasteiger partial charge on any atom is 0.437 e. The third-order valence-corrected chi connectivity index (χ3v) is 13.2. The van der Waals surface area contributed by atoms with Gasteiger partial charge in [0, 0.05) is 53.7 Å². The number of H-pyrrole nitrogens is 1. The second kappa shape index (κ2) is 13.1. The number of piperidine rings is 1. The van der Waals surface area contributed by atoms with E-state index in [1.807, 2.05) is 26.2 Å². The maximum absolute atomic E-state index is 14.1. The van der Waals surface area contributed by atoms with Gasteiger partial charge in [-0.3, -0.25) is 9.78 Å². The molecule has 51 heavy (non-hydrogen) atoms. The number of aromatic nitrogens is 2. The molecule has 2 N–H and O–H groups in total. The highest BCUT2D eigenvalue weighted by Gasteiger charge is 2.47. The van der Waals surface area contributed by atoms with Crippen molar-refractivity contribution in [2.24, 2.45) is 4.99 Å². The molecule has 3 aromatic heterocycles. The normalized spacial score (nSPS) is 25.5. The molecule has 10 heteroatoms. The number of pyridine rings is 1. The van der Waals surface area contributed by atoms with Gasteiger partial charge in [0.1, 0.15) is 4.83 Å². The summed E-state index contributed by atoms with van der Waals surface area (Å²) in [5.74, 6) is 1.23. The molecule has 1 aromatic carbocycles. The van der Waals surface area contributed by atoms with Gasteiger partial charge < -0.3 is 24.8 Å². The van der Waals surface area contributed by atoms with Crippen LogP contribution in [0.15, 0.2) is 53.8 Å². The zero-order valence-corrected chi connectivity index (χ0v) is 31.5. The molecule has 4 aliphatic rings. The lowest BCUT2D eigenvalue weighted by atomic mass is 9.82. The molecule has 0 radical (unpaired) electrons. The summed E-state index contributed by atoms with van der Waals surface area (Å²) in [6.07, 6.45) is 9.25. The van der Waals surface area contributed by atoms with Gasteiger partial charge in [0.25, 0.3) is 0 Å². The van der Waals surface area contributed by atoms with Gasteiger partial charge in [-0.2, -0.15) is 0 Å². The van der Waals surface area contributed by atoms with Crippen LogP contribution in [-0.4, -0.2) is 69.0 Å². The van der Waals surface area contributed by atoms with Crippen molar-refractivity contribution < 1.29 is 14.3 Å². The maximum atomic E-state index is 14.1. The summed E-state index contributed by atoms with van der Waals surface area (Å²) in [7, 11) is 0. The van der Waals surface area contributed by atoms with E-state index in [0.29, 0.717) is 30.5 Å². The number of guanidine groups is 1. The van der Waals surface area contributed by atoms with E-state index >= 15 is 0 Å². The first-order chi connectivity index (χ1) is 24.5. The van der Waals surface area contributed by atoms with E-state index in [4.69, 9.17) is 4.74 Å². The lowest BCUT2D eigenvalue weighted by Gasteiger charge is -2.42. The van der Waals surface area contributed by atoms with E-state index in [1.165, 1.54) is 27.6 Å². The zero-order chi connectivity index (χ0) is 35.6. The molecule has 3 fully saturated rings. The van der Waals surface area contributed by atoms with Gasteiger partial charge in [-0.15, -0.1) is 16.3 Å². The molecule has 4 aromatic rings. The predicted molar refractivity (Wildman–Crippen MR) is 203 cm³/mol. The Kier molecular flexibility index (Phi) is 8.72. The molecule has 4 bridgehead atoms. The van der Waals surface area contributed by atoms with Crippen molar-refractivity contribution in [1.29, 1.82) is 0 Å². The van der Waals surface area contributed by atoms with Crippen LogP contribution in [0.5, 0.6) is 0 Å². The van der Waals surface area contributed by atoms with Crippen LogP contribution in [0, 0.1) is 6.92 Å². The molecule has 2 unspecified atom stereocenters. The van der Waals surface area contributed by atoms with E-state index in [-0.39, 0.29) is 24.0 Å². The standard InChI is InChI=1S/C41H50N6O3S/c1-23(2)50-40(49)45-39-43-22-25(4)35-32-21-34(41(5,6)38(48)47-30-7-8-31(47)10-9-30)51-37(32)44-36(35)29-18-24(3)17-28(19-29)33-20-27(13-16-46(33)39)26-11-14-42-15-12-26/h11-12,14-15,17-19,21,23,25,27,30-31,33,44H,7-10,13,16,20,22H2,1-6H3,(H,43,45,49)/t25-,27?,30?,31?,33?/m1/s1. The van der Waals surface area contributed by atoms with Crippen LogP contribution < -0.4 is 5.32 Å². The van der Waals surface area contributed by atoms with Crippen molar-refractivity contribution in [3.8, 4) is 11.3 Å². The Balaban J connectivity index is 1.22. The predicted octanol–water partition coefficient (Wildman–Crippen LogP) is 8.56. The van der Waals surface area contributed by atoms with Crippen LogP contribution in [-0.2, 0) is 14.9 Å². The Morgan fingerprint density at radius 1 is 1.02 bits per heavy atom. The lowest BCUT2D eigenvalue weighted by Crippen LogP contribution is -2.48. The Morgan fingerprint density at radius 2 is 1.75 bits per heavy atom. The fraction of sp³-hybridized carbons (Fsp3) is 0.512. The summed E-state index contributed by atoms with van der Waals surface area (Å²) in [5.41, 5.74) is 6.55. The number of ether oxygens (including phenoxy) is 1. The molecule has 3 atom stereocenters. The van der Waals surface area contributed by atoms with Crippen LogP contribution in [0.25, 0.3) is 21.5 Å². The van der Waals surface area contributed by atoms with Crippen LogP contribution >= 0.6 is 11.3 Å². The highest BCUT2D eigenvalue weighted by molar-refractivity contribution is 7.19. The molecule has 0 saturated carbocycles. The number of benzene rings is 1. The Labute approximate surface area is 304 Å². The summed E-state index contributed by atoms with van der Waals surface area (Å²) in [4.78, 5) is 46.7. The molecule has 4 aliphatic heterocycles. The molecular weight excluding hydrogens is 657 g/mol. The Hall–Kier alpha value is -4.18. The molecule has 9 nitrogen and oxygen atoms in total. The first kappa shape index (κ1) is 33.9. The largest absolute Gasteiger partial charge is 0.445 e. The fourth-order valence-corrected chi connectivity index (χ4v) is 10.4. The Morgan fingerprint density at radius 3 is 2.45 bits per heavy atom. The molecule has 8 rings (SSSR count). The van der Waals surface area contributed by atoms with E-state index in [9.17, 15) is 9.59 Å². The van der Waals surface area contributed by atoms with Crippen LogP contribution in [0.1, 0.15) is 118 Å². The number of amides is 2. The second-order valence-corrected chi connectivity index (χ2v) is 17.1. The number of thiophene rings is 1. The monoisotopic (exact) mass is 706 g/mol. The fourth-order valence-electron chi connectivity index (χ4n) is 9.21. The van der Waals surface area contributed by atoms with E-state index < -0.39 is 11.5 Å². The quantitative estimate of drug-likeness (QED) is 0.221. The average molecular weight is 707 g/mol. The molecule has 2 amide bonds. The number of aryl methyl sites for hydroxylation is 1. The van der Waals surface area contributed by atoms with E-state index in [0.717, 1.165) is 66.0 Å². The van der Waals surface area contributed by atoms with Crippen molar-refractivity contribution in [2.45, 2.75) is 122 Å². The van der Waals surface area contributed by atoms with Crippen molar-refractivity contribution >= 4 is 39.5 Å². The SMILES string of the molecule is Cc1cc2cc(c1)C1CC(c3ccncc3)CCN1/C(=N\C(=O)OC(C)C)NC[C@@H](C)c1c-2[nH]c2sc(C(C)(C)C(=O)N3C4CCC3CC4)cc12. The van der Waals surface area contributed by atoms with Crippen LogP contribution in [0.4, 0.5) is 4.79 Å². The molecule has 3 saturated heterocycles. The minimum Gasteiger partial charge on any atom is -0.445 e. The molecule has 268 valence electrons. The van der Waals surface area contributed by atoms with Gasteiger partial charge in [-0.25, -0.2) is 4.79 Å². The first-order valence-corrected chi connectivity index (χ1v) is 19.6. The lowest BCUT2D eigenvalue weighted by molar-refractivity contribution is -0.137. The molecular formula is C41H50N6O3S. The average Bonchev–Trinajstić information content (AvgIpc) is 3.89. The number of nitrogens with one attached hydrogen (secondary N) is 2. The van der Waals surface area contributed by atoms with E-state index in [1.54, 1.807) is 11.3 Å². The highest BCUT2D eigenvalue weighted by Crippen LogP contribution is 2.47. The smallest absolute Gasteiger partial charge is 0.437 e. The summed E-state index contributed by atoms with van der Waals surface area (Å²) in [6.45, 7) is 13.6. The summed E-state index contributed by atoms with van der Waals surface area (Å²) in [5, 5.41) is 4.81. The molecule has 7 heterocycles. The first-order valence-electron chi connectivity index (χ1n) is 18.8. The molecule has 0 spiro atoms. The number of carbonyl (C=O) groups is 2. The van der Waals surface area contributed by atoms with Crippen LogP contribution in [0.2, 0.25) is 0 Å². The van der Waals surface area contributed by atoms with E-state index in [2.05, 4.69) is 94.2 Å². The Bertz CT molecular complexity index is 1980. The number of aromatic amines is 1. The number of aliphatic imine (C=N–C) groups is 1. The van der Waals surface area contributed by atoms with Crippen molar-refractivity contribution in [3.63, 3.8) is 0 Å². The third kappa shape index (κ3) is 6.13. The molecule has 0 aliphatic carbocycles. The minimum absolute atomic E-state index is 0.0131. The zero-order valence-electron chi connectivity index (χ0n) is 30.7. The van der Waals surface area contributed by atoms with Gasteiger partial charge in [-0.1, -0.05) is 18.6 Å². The summed E-state index contributed by atoms with van der Waals surface area (Å²) in [6, 6.07) is 14.2. The number of carbonyl (C=O) groups excluding carboxylic acids is 2. The van der Waals surface area contributed by atoms with Crippen molar-refractivity contribution in [1.82, 2.24) is 25.1 Å². The third-order valence-electron chi connectivity index (χ3n) is 11.8. The number of fused-ring (bicyclic) bond motifs is 10.